The second-order valence-electron chi connectivity index (χ2n) is 5.31. The van der Waals surface area contributed by atoms with Gasteiger partial charge in [0.05, 0.1) is 13.0 Å². The van der Waals surface area contributed by atoms with Crippen molar-refractivity contribution in [2.24, 2.45) is 5.92 Å². The normalized spacial score (nSPS) is 18.2. The lowest BCUT2D eigenvalue weighted by Gasteiger charge is -2.31. The molecule has 1 aliphatic rings. The molecule has 1 amide bonds. The van der Waals surface area contributed by atoms with Gasteiger partial charge in [-0.1, -0.05) is 12.1 Å². The highest BCUT2D eigenvalue weighted by atomic mass is 16.5. The van der Waals surface area contributed by atoms with Crippen LogP contribution in [-0.2, 0) is 14.3 Å². The fourth-order valence-corrected chi connectivity index (χ4v) is 2.50. The highest BCUT2D eigenvalue weighted by Crippen LogP contribution is 2.18. The van der Waals surface area contributed by atoms with Gasteiger partial charge < -0.3 is 14.4 Å². The van der Waals surface area contributed by atoms with Gasteiger partial charge in [-0.2, -0.15) is 0 Å². The number of likely N-dealkylation sites (tertiary alicyclic amines) is 1. The molecule has 1 fully saturated rings. The first-order valence-corrected chi connectivity index (χ1v) is 7.15. The Morgan fingerprint density at radius 2 is 2.19 bits per heavy atom. The van der Waals surface area contributed by atoms with E-state index in [0.29, 0.717) is 18.8 Å². The van der Waals surface area contributed by atoms with Gasteiger partial charge in [0.25, 0.3) is 5.91 Å². The van der Waals surface area contributed by atoms with Crippen molar-refractivity contribution in [1.82, 2.24) is 4.90 Å². The second kappa shape index (κ2) is 7.11. The SMILES string of the molecule is COC(=O)[C@H]1CCCN(C(=O)COc2cccc(C)c2)C1. The van der Waals surface area contributed by atoms with Crippen LogP contribution in [0, 0.1) is 12.8 Å². The number of esters is 1. The Hall–Kier alpha value is -2.04. The number of nitrogens with zero attached hydrogens (tertiary/aromatic N) is 1. The molecule has 1 aromatic rings. The molecule has 0 aromatic heterocycles. The summed E-state index contributed by atoms with van der Waals surface area (Å²) in [5, 5.41) is 0. The number of piperidine rings is 1. The number of benzene rings is 1. The van der Waals surface area contributed by atoms with Gasteiger partial charge in [-0.15, -0.1) is 0 Å². The van der Waals surface area contributed by atoms with Gasteiger partial charge in [-0.25, -0.2) is 0 Å². The Morgan fingerprint density at radius 1 is 1.38 bits per heavy atom. The third-order valence-electron chi connectivity index (χ3n) is 3.66. The van der Waals surface area contributed by atoms with Crippen molar-refractivity contribution < 1.29 is 19.1 Å². The van der Waals surface area contributed by atoms with Crippen LogP contribution >= 0.6 is 0 Å². The molecule has 21 heavy (non-hydrogen) atoms. The molecule has 114 valence electrons. The van der Waals surface area contributed by atoms with Gasteiger partial charge in [0.2, 0.25) is 0 Å². The van der Waals surface area contributed by atoms with Crippen LogP contribution in [0.25, 0.3) is 0 Å². The van der Waals surface area contributed by atoms with Gasteiger partial charge >= 0.3 is 5.97 Å². The molecule has 5 heteroatoms. The summed E-state index contributed by atoms with van der Waals surface area (Å²) in [5.41, 5.74) is 1.09. The average molecular weight is 291 g/mol. The van der Waals surface area contributed by atoms with Crippen LogP contribution in [0.2, 0.25) is 0 Å². The van der Waals surface area contributed by atoms with E-state index in [-0.39, 0.29) is 24.4 Å². The molecule has 0 radical (unpaired) electrons. The fraction of sp³-hybridized carbons (Fsp3) is 0.500. The van der Waals surface area contributed by atoms with Crippen LogP contribution in [0.15, 0.2) is 24.3 Å². The lowest BCUT2D eigenvalue weighted by Crippen LogP contribution is -2.44. The van der Waals surface area contributed by atoms with E-state index in [0.717, 1.165) is 18.4 Å². The largest absolute Gasteiger partial charge is 0.484 e. The van der Waals surface area contributed by atoms with Gasteiger partial charge in [0.15, 0.2) is 6.61 Å². The monoisotopic (exact) mass is 291 g/mol. The summed E-state index contributed by atoms with van der Waals surface area (Å²) in [4.78, 5) is 25.4. The van der Waals surface area contributed by atoms with Gasteiger partial charge in [-0.3, -0.25) is 9.59 Å². The van der Waals surface area contributed by atoms with Crippen LogP contribution < -0.4 is 4.74 Å². The van der Waals surface area contributed by atoms with E-state index < -0.39 is 0 Å². The summed E-state index contributed by atoms with van der Waals surface area (Å²) in [5.74, 6) is 0.133. The van der Waals surface area contributed by atoms with Crippen molar-refractivity contribution in [2.45, 2.75) is 19.8 Å². The van der Waals surface area contributed by atoms with Gasteiger partial charge in [0.1, 0.15) is 5.75 Å². The molecule has 1 heterocycles. The molecular weight excluding hydrogens is 270 g/mol. The third-order valence-corrected chi connectivity index (χ3v) is 3.66. The summed E-state index contributed by atoms with van der Waals surface area (Å²) in [6, 6.07) is 7.58. The number of carbonyl (C=O) groups excluding carboxylic acids is 2. The lowest BCUT2D eigenvalue weighted by molar-refractivity contribution is -0.149. The first-order chi connectivity index (χ1) is 10.1. The highest BCUT2D eigenvalue weighted by Gasteiger charge is 2.29. The van der Waals surface area contributed by atoms with Crippen molar-refractivity contribution in [1.29, 1.82) is 0 Å². The number of amides is 1. The van der Waals surface area contributed by atoms with E-state index in [1.54, 1.807) is 4.90 Å². The minimum Gasteiger partial charge on any atom is -0.484 e. The maximum Gasteiger partial charge on any atom is 0.310 e. The third kappa shape index (κ3) is 4.21. The van der Waals surface area contributed by atoms with E-state index in [1.165, 1.54) is 7.11 Å². The molecule has 0 saturated carbocycles. The molecule has 1 aromatic carbocycles. The average Bonchev–Trinajstić information content (AvgIpc) is 2.52. The van der Waals surface area contributed by atoms with Crippen molar-refractivity contribution >= 4 is 11.9 Å². The standard InChI is InChI=1S/C16H21NO4/c1-12-5-3-7-14(9-12)21-11-15(18)17-8-4-6-13(10-17)16(19)20-2/h3,5,7,9,13H,4,6,8,10-11H2,1-2H3/t13-/m0/s1. The van der Waals surface area contributed by atoms with E-state index >= 15 is 0 Å². The lowest BCUT2D eigenvalue weighted by atomic mass is 9.98. The molecule has 0 bridgehead atoms. The molecule has 0 aliphatic carbocycles. The van der Waals surface area contributed by atoms with Crippen LogP contribution in [0.5, 0.6) is 5.75 Å². The number of hydrogen-bond acceptors (Lipinski definition) is 4. The minimum atomic E-state index is -0.243. The Balaban J connectivity index is 1.86. The molecule has 2 rings (SSSR count). The second-order valence-corrected chi connectivity index (χ2v) is 5.31. The van der Waals surface area contributed by atoms with Crippen LogP contribution in [0.3, 0.4) is 0 Å². The number of ether oxygens (including phenoxy) is 2. The molecule has 0 N–H and O–H groups in total. The zero-order valence-corrected chi connectivity index (χ0v) is 12.5. The number of aryl methyl sites for hydroxylation is 1. The van der Waals surface area contributed by atoms with Crippen LogP contribution in [-0.4, -0.2) is 43.6 Å². The van der Waals surface area contributed by atoms with Crippen molar-refractivity contribution in [3.63, 3.8) is 0 Å². The summed E-state index contributed by atoms with van der Waals surface area (Å²) in [6.45, 7) is 3.06. The smallest absolute Gasteiger partial charge is 0.310 e. The molecule has 1 saturated heterocycles. The number of carbonyl (C=O) groups is 2. The summed E-state index contributed by atoms with van der Waals surface area (Å²) in [6.07, 6.45) is 1.59. The minimum absolute atomic E-state index is 0.00263. The van der Waals surface area contributed by atoms with Crippen molar-refractivity contribution in [3.8, 4) is 5.75 Å². The molecule has 1 aliphatic heterocycles. The van der Waals surface area contributed by atoms with Gasteiger partial charge in [0, 0.05) is 13.1 Å². The Morgan fingerprint density at radius 3 is 2.90 bits per heavy atom. The zero-order valence-electron chi connectivity index (χ0n) is 12.5. The topological polar surface area (TPSA) is 55.8 Å². The van der Waals surface area contributed by atoms with Crippen molar-refractivity contribution in [3.05, 3.63) is 29.8 Å². The zero-order chi connectivity index (χ0) is 15.2. The van der Waals surface area contributed by atoms with E-state index in [1.807, 2.05) is 31.2 Å². The molecular formula is C16H21NO4. The summed E-state index contributed by atoms with van der Waals surface area (Å²) < 4.78 is 10.3. The first-order valence-electron chi connectivity index (χ1n) is 7.15. The molecule has 5 nitrogen and oxygen atoms in total. The number of rotatable bonds is 4. The quantitative estimate of drug-likeness (QED) is 0.794. The molecule has 0 spiro atoms. The number of methoxy groups -OCH3 is 1. The maximum atomic E-state index is 12.2. The van der Waals surface area contributed by atoms with Gasteiger partial charge in [-0.05, 0) is 37.5 Å². The van der Waals surface area contributed by atoms with Crippen LogP contribution in [0.1, 0.15) is 18.4 Å². The Kier molecular flexibility index (Phi) is 5.20. The summed E-state index contributed by atoms with van der Waals surface area (Å²) >= 11 is 0. The van der Waals surface area contributed by atoms with Crippen LogP contribution in [0.4, 0.5) is 0 Å². The number of hydrogen-bond donors (Lipinski definition) is 0. The Labute approximate surface area is 124 Å². The molecule has 0 unspecified atom stereocenters. The summed E-state index contributed by atoms with van der Waals surface area (Å²) in [7, 11) is 1.38. The van der Waals surface area contributed by atoms with Crippen molar-refractivity contribution in [2.75, 3.05) is 26.8 Å². The maximum absolute atomic E-state index is 12.2. The predicted octanol–water partition coefficient (Wildman–Crippen LogP) is 1.79. The molecule has 1 atom stereocenters. The van der Waals surface area contributed by atoms with E-state index in [2.05, 4.69) is 0 Å². The highest BCUT2D eigenvalue weighted by molar-refractivity contribution is 5.79. The van der Waals surface area contributed by atoms with E-state index in [4.69, 9.17) is 9.47 Å². The Bertz CT molecular complexity index is 515. The van der Waals surface area contributed by atoms with E-state index in [9.17, 15) is 9.59 Å². The predicted molar refractivity (Wildman–Crippen MR) is 78.0 cm³/mol. The first kappa shape index (κ1) is 15.4. The fourth-order valence-electron chi connectivity index (χ4n) is 2.50.